The number of alkyl halides is 1. The van der Waals surface area contributed by atoms with E-state index in [0.29, 0.717) is 23.6 Å². The number of hydrogen-bond acceptors (Lipinski definition) is 6. The number of rotatable bonds is 6. The number of benzene rings is 1. The maximum Gasteiger partial charge on any atom is 0.213 e. The Hall–Kier alpha value is -1.17. The molecule has 6 nitrogen and oxygen atoms in total. The maximum absolute atomic E-state index is 13.5. The molecule has 0 unspecified atom stereocenters. The zero-order valence-corrected chi connectivity index (χ0v) is 19.2. The van der Waals surface area contributed by atoms with E-state index in [9.17, 15) is 8.42 Å². The van der Waals surface area contributed by atoms with Crippen LogP contribution in [0.2, 0.25) is 0 Å². The Morgan fingerprint density at radius 1 is 1.33 bits per heavy atom. The average molecular weight is 516 g/mol. The molecule has 2 heterocycles. The van der Waals surface area contributed by atoms with Crippen LogP contribution < -0.4 is 5.73 Å². The summed E-state index contributed by atoms with van der Waals surface area (Å²) in [4.78, 5) is 5.02. The fraction of sp³-hybridized carbons (Fsp3) is 0.333. The molecule has 2 N–H and O–H groups in total. The van der Waals surface area contributed by atoms with Crippen LogP contribution in [0.4, 0.5) is 0 Å². The highest BCUT2D eigenvalue weighted by molar-refractivity contribution is 14.1. The summed E-state index contributed by atoms with van der Waals surface area (Å²) in [7, 11) is -3.76. The second kappa shape index (κ2) is 8.06. The minimum Gasteiger partial charge on any atom is -0.326 e. The zero-order chi connectivity index (χ0) is 19.8. The van der Waals surface area contributed by atoms with Crippen LogP contribution >= 0.6 is 34.4 Å². The molecule has 0 saturated heterocycles. The lowest BCUT2D eigenvalue weighted by atomic mass is 10.1. The molecule has 0 atom stereocenters. The van der Waals surface area contributed by atoms with Crippen molar-refractivity contribution in [3.05, 3.63) is 46.8 Å². The molecule has 27 heavy (non-hydrogen) atoms. The second-order valence-corrected chi connectivity index (χ2v) is 9.48. The van der Waals surface area contributed by atoms with Gasteiger partial charge in [-0.1, -0.05) is 41.6 Å². The number of halogens is 1. The van der Waals surface area contributed by atoms with Gasteiger partial charge in [0.05, 0.1) is 10.6 Å². The third-order valence-corrected chi connectivity index (χ3v) is 7.94. The number of nitrogens with two attached hydrogens (primary N) is 1. The molecule has 0 fully saturated rings. The van der Waals surface area contributed by atoms with Gasteiger partial charge in [-0.2, -0.15) is 5.10 Å². The summed E-state index contributed by atoms with van der Waals surface area (Å²) in [6, 6.07) is 7.04. The standard InChI is InChI=1S/C18H21IN4O2S2/c1-4-15-14(10-20)11(2)21-17-16(18(26-3)22-23(15)17)27(24,25)13-7-5-6-12(8-13)9-19/h5-8H,4,9-10,20H2,1-3H3. The fourth-order valence-electron chi connectivity index (χ4n) is 3.14. The van der Waals surface area contributed by atoms with Crippen LogP contribution in [0.3, 0.4) is 0 Å². The predicted octanol–water partition coefficient (Wildman–Crippen LogP) is 3.55. The summed E-state index contributed by atoms with van der Waals surface area (Å²) >= 11 is 3.53. The molecule has 0 aliphatic rings. The van der Waals surface area contributed by atoms with Crippen molar-refractivity contribution in [1.29, 1.82) is 0 Å². The Morgan fingerprint density at radius 2 is 2.07 bits per heavy atom. The zero-order valence-electron chi connectivity index (χ0n) is 15.4. The lowest BCUT2D eigenvalue weighted by Gasteiger charge is -2.11. The fourth-order valence-corrected chi connectivity index (χ4v) is 6.07. The van der Waals surface area contributed by atoms with Crippen molar-refractivity contribution in [2.24, 2.45) is 5.73 Å². The number of aromatic nitrogens is 3. The van der Waals surface area contributed by atoms with Gasteiger partial charge >= 0.3 is 0 Å². The number of nitrogens with zero attached hydrogens (tertiary/aromatic N) is 3. The third-order valence-electron chi connectivity index (χ3n) is 4.47. The van der Waals surface area contributed by atoms with E-state index in [0.717, 1.165) is 26.9 Å². The molecule has 0 amide bonds. The van der Waals surface area contributed by atoms with E-state index in [1.54, 1.807) is 22.7 Å². The molecule has 0 bridgehead atoms. The predicted molar refractivity (Wildman–Crippen MR) is 116 cm³/mol. The topological polar surface area (TPSA) is 90.3 Å². The average Bonchev–Trinajstić information content (AvgIpc) is 3.05. The van der Waals surface area contributed by atoms with Crippen LogP contribution in [0.5, 0.6) is 0 Å². The molecule has 0 aliphatic carbocycles. The van der Waals surface area contributed by atoms with Crippen molar-refractivity contribution in [2.45, 2.75) is 46.1 Å². The monoisotopic (exact) mass is 516 g/mol. The molecule has 144 valence electrons. The number of sulfone groups is 1. The lowest BCUT2D eigenvalue weighted by Crippen LogP contribution is -2.12. The van der Waals surface area contributed by atoms with E-state index >= 15 is 0 Å². The van der Waals surface area contributed by atoms with Crippen molar-refractivity contribution in [2.75, 3.05) is 6.26 Å². The first-order valence-corrected chi connectivity index (χ1v) is 12.7. The van der Waals surface area contributed by atoms with E-state index in [4.69, 9.17) is 5.73 Å². The van der Waals surface area contributed by atoms with Gasteiger partial charge in [-0.15, -0.1) is 11.8 Å². The van der Waals surface area contributed by atoms with Gasteiger partial charge in [0, 0.05) is 22.2 Å². The summed E-state index contributed by atoms with van der Waals surface area (Å²) in [5.41, 5.74) is 9.78. The first-order valence-electron chi connectivity index (χ1n) is 8.44. The first kappa shape index (κ1) is 20.6. The smallest absolute Gasteiger partial charge is 0.213 e. The molecular formula is C18H21IN4O2S2. The Labute approximate surface area is 177 Å². The van der Waals surface area contributed by atoms with Crippen LogP contribution in [0.15, 0.2) is 39.1 Å². The van der Waals surface area contributed by atoms with Gasteiger partial charge in [0.15, 0.2) is 10.5 Å². The summed E-state index contributed by atoms with van der Waals surface area (Å²) in [6.45, 7) is 4.21. The maximum atomic E-state index is 13.5. The van der Waals surface area contributed by atoms with E-state index < -0.39 is 9.84 Å². The van der Waals surface area contributed by atoms with E-state index in [2.05, 4.69) is 32.7 Å². The minimum absolute atomic E-state index is 0.168. The largest absolute Gasteiger partial charge is 0.326 e. The Bertz CT molecular complexity index is 1110. The van der Waals surface area contributed by atoms with Crippen molar-refractivity contribution in [3.63, 3.8) is 0 Å². The van der Waals surface area contributed by atoms with Gasteiger partial charge in [0.25, 0.3) is 0 Å². The number of thioether (sulfide) groups is 1. The number of hydrogen-bond donors (Lipinski definition) is 1. The Balaban J connectivity index is 2.38. The van der Waals surface area contributed by atoms with Crippen LogP contribution in [-0.4, -0.2) is 29.3 Å². The highest BCUT2D eigenvalue weighted by Gasteiger charge is 2.30. The molecule has 0 saturated carbocycles. The van der Waals surface area contributed by atoms with Gasteiger partial charge in [-0.3, -0.25) is 0 Å². The van der Waals surface area contributed by atoms with E-state index in [1.807, 2.05) is 26.2 Å². The van der Waals surface area contributed by atoms with Gasteiger partial charge in [0.2, 0.25) is 9.84 Å². The van der Waals surface area contributed by atoms with Gasteiger partial charge in [-0.05, 0) is 37.3 Å². The summed E-state index contributed by atoms with van der Waals surface area (Å²) < 4.78 is 29.4. The van der Waals surface area contributed by atoms with Crippen LogP contribution in [0.25, 0.3) is 5.65 Å². The molecule has 9 heteroatoms. The molecule has 0 aliphatic heterocycles. The highest BCUT2D eigenvalue weighted by atomic mass is 127. The Morgan fingerprint density at radius 3 is 2.67 bits per heavy atom. The SMILES string of the molecule is CCc1c(CN)c(C)nc2c(S(=O)(=O)c3cccc(CI)c3)c(SC)nn12. The van der Waals surface area contributed by atoms with Crippen molar-refractivity contribution < 1.29 is 8.42 Å². The van der Waals surface area contributed by atoms with E-state index in [-0.39, 0.29) is 9.79 Å². The Kier molecular flexibility index (Phi) is 6.14. The van der Waals surface area contributed by atoms with Gasteiger partial charge in [-0.25, -0.2) is 17.9 Å². The quantitative estimate of drug-likeness (QED) is 0.306. The molecule has 0 spiro atoms. The molecular weight excluding hydrogens is 495 g/mol. The van der Waals surface area contributed by atoms with Crippen LogP contribution in [-0.2, 0) is 27.2 Å². The highest BCUT2D eigenvalue weighted by Crippen LogP contribution is 2.34. The van der Waals surface area contributed by atoms with E-state index in [1.165, 1.54) is 11.8 Å². The van der Waals surface area contributed by atoms with Gasteiger partial charge < -0.3 is 5.73 Å². The summed E-state index contributed by atoms with van der Waals surface area (Å²) in [5, 5.41) is 5.02. The molecule has 3 rings (SSSR count). The number of fused-ring (bicyclic) bond motifs is 1. The van der Waals surface area contributed by atoms with Crippen molar-refractivity contribution >= 4 is 49.8 Å². The molecule has 2 aromatic heterocycles. The first-order chi connectivity index (χ1) is 12.9. The van der Waals surface area contributed by atoms with Crippen LogP contribution in [0, 0.1) is 6.92 Å². The third kappa shape index (κ3) is 3.50. The van der Waals surface area contributed by atoms with Crippen LogP contribution in [0.1, 0.15) is 29.4 Å². The van der Waals surface area contributed by atoms with Crippen molar-refractivity contribution in [1.82, 2.24) is 14.6 Å². The van der Waals surface area contributed by atoms with Gasteiger partial charge in [0.1, 0.15) is 5.03 Å². The lowest BCUT2D eigenvalue weighted by molar-refractivity contribution is 0.594. The summed E-state index contributed by atoms with van der Waals surface area (Å²) in [5.74, 6) is 0. The minimum atomic E-state index is -3.76. The summed E-state index contributed by atoms with van der Waals surface area (Å²) in [6.07, 6.45) is 2.51. The second-order valence-electron chi connectivity index (χ2n) is 6.04. The number of aryl methyl sites for hydroxylation is 2. The molecule has 0 radical (unpaired) electrons. The molecule has 1 aromatic carbocycles. The van der Waals surface area contributed by atoms with Crippen molar-refractivity contribution in [3.8, 4) is 0 Å². The normalized spacial score (nSPS) is 12.0. The molecule has 3 aromatic rings.